The van der Waals surface area contributed by atoms with Gasteiger partial charge in [-0.15, -0.1) is 10.2 Å². The van der Waals surface area contributed by atoms with Gasteiger partial charge >= 0.3 is 0 Å². The molecule has 0 aromatic carbocycles. The van der Waals surface area contributed by atoms with E-state index in [2.05, 4.69) is 15.5 Å². The molecule has 80 valence electrons. The van der Waals surface area contributed by atoms with Gasteiger partial charge in [0.25, 0.3) is 0 Å². The molecule has 0 spiro atoms. The van der Waals surface area contributed by atoms with Crippen LogP contribution in [0.5, 0.6) is 0 Å². The number of hydrogen-bond acceptors (Lipinski definition) is 5. The normalized spacial score (nSPS) is 15.4. The Morgan fingerprint density at radius 3 is 2.71 bits per heavy atom. The van der Waals surface area contributed by atoms with E-state index in [0.29, 0.717) is 31.3 Å². The summed E-state index contributed by atoms with van der Waals surface area (Å²) < 4.78 is 5.17. The quantitative estimate of drug-likeness (QED) is 0.727. The SMILES string of the molecule is CCC(C)(O)CNCc1nnc(C)o1. The summed E-state index contributed by atoms with van der Waals surface area (Å²) in [5.74, 6) is 1.11. The molecule has 0 fully saturated rings. The first-order chi connectivity index (χ1) is 6.53. The van der Waals surface area contributed by atoms with Gasteiger partial charge in [0.2, 0.25) is 11.8 Å². The van der Waals surface area contributed by atoms with E-state index in [1.807, 2.05) is 6.92 Å². The highest BCUT2D eigenvalue weighted by Crippen LogP contribution is 2.06. The van der Waals surface area contributed by atoms with Gasteiger partial charge in [-0.2, -0.15) is 0 Å². The Labute approximate surface area is 83.5 Å². The van der Waals surface area contributed by atoms with Gasteiger partial charge in [-0.1, -0.05) is 6.92 Å². The van der Waals surface area contributed by atoms with Gasteiger partial charge in [-0.05, 0) is 13.3 Å². The molecule has 5 nitrogen and oxygen atoms in total. The van der Waals surface area contributed by atoms with Crippen LogP contribution in [0.2, 0.25) is 0 Å². The Bertz CT molecular complexity index is 283. The molecule has 0 bridgehead atoms. The van der Waals surface area contributed by atoms with E-state index in [9.17, 15) is 5.11 Å². The van der Waals surface area contributed by atoms with Crippen LogP contribution >= 0.6 is 0 Å². The minimum Gasteiger partial charge on any atom is -0.424 e. The largest absolute Gasteiger partial charge is 0.424 e. The number of nitrogens with one attached hydrogen (secondary N) is 1. The Hall–Kier alpha value is -0.940. The smallest absolute Gasteiger partial charge is 0.230 e. The molecule has 0 aliphatic rings. The molecule has 0 amide bonds. The first-order valence-electron chi connectivity index (χ1n) is 4.75. The Balaban J connectivity index is 2.28. The molecule has 0 aliphatic carbocycles. The third kappa shape index (κ3) is 3.43. The maximum Gasteiger partial charge on any atom is 0.230 e. The number of aryl methyl sites for hydroxylation is 1. The van der Waals surface area contributed by atoms with Crippen molar-refractivity contribution >= 4 is 0 Å². The predicted molar refractivity (Wildman–Crippen MR) is 51.7 cm³/mol. The van der Waals surface area contributed by atoms with Crippen molar-refractivity contribution in [3.05, 3.63) is 11.8 Å². The van der Waals surface area contributed by atoms with Crippen molar-refractivity contribution in [1.29, 1.82) is 0 Å². The lowest BCUT2D eigenvalue weighted by Crippen LogP contribution is -2.36. The molecule has 0 saturated heterocycles. The molecule has 1 rings (SSSR count). The van der Waals surface area contributed by atoms with E-state index in [1.54, 1.807) is 13.8 Å². The lowest BCUT2D eigenvalue weighted by molar-refractivity contribution is 0.0550. The average molecular weight is 199 g/mol. The Morgan fingerprint density at radius 1 is 1.50 bits per heavy atom. The maximum absolute atomic E-state index is 9.68. The second-order valence-corrected chi connectivity index (χ2v) is 3.67. The van der Waals surface area contributed by atoms with Crippen molar-refractivity contribution in [3.8, 4) is 0 Å². The fourth-order valence-electron chi connectivity index (χ4n) is 0.973. The predicted octanol–water partition coefficient (Wildman–Crippen LogP) is 0.629. The molecular formula is C9H17N3O2. The molecule has 1 aromatic heterocycles. The second kappa shape index (κ2) is 4.52. The average Bonchev–Trinajstić information content (AvgIpc) is 2.51. The van der Waals surface area contributed by atoms with Gasteiger partial charge < -0.3 is 14.8 Å². The summed E-state index contributed by atoms with van der Waals surface area (Å²) in [5.41, 5.74) is -0.672. The molecule has 2 N–H and O–H groups in total. The zero-order valence-corrected chi connectivity index (χ0v) is 8.87. The van der Waals surface area contributed by atoms with E-state index >= 15 is 0 Å². The molecule has 1 heterocycles. The van der Waals surface area contributed by atoms with Crippen LogP contribution in [-0.4, -0.2) is 27.4 Å². The summed E-state index contributed by atoms with van der Waals surface area (Å²) in [6, 6.07) is 0. The van der Waals surface area contributed by atoms with Gasteiger partial charge in [0.1, 0.15) is 0 Å². The van der Waals surface area contributed by atoms with Crippen LogP contribution in [0.1, 0.15) is 32.0 Å². The number of aliphatic hydroxyl groups is 1. The lowest BCUT2D eigenvalue weighted by Gasteiger charge is -2.20. The van der Waals surface area contributed by atoms with Crippen molar-refractivity contribution in [1.82, 2.24) is 15.5 Å². The third-order valence-electron chi connectivity index (χ3n) is 2.11. The number of hydrogen-bond donors (Lipinski definition) is 2. The van der Waals surface area contributed by atoms with E-state index in [0.717, 1.165) is 0 Å². The third-order valence-corrected chi connectivity index (χ3v) is 2.11. The van der Waals surface area contributed by atoms with E-state index in [4.69, 9.17) is 4.42 Å². The van der Waals surface area contributed by atoms with Crippen molar-refractivity contribution in [2.45, 2.75) is 39.3 Å². The number of rotatable bonds is 5. The fourth-order valence-corrected chi connectivity index (χ4v) is 0.973. The molecule has 0 radical (unpaired) electrons. The minimum absolute atomic E-state index is 0.497. The van der Waals surface area contributed by atoms with Crippen molar-refractivity contribution < 1.29 is 9.52 Å². The zero-order valence-electron chi connectivity index (χ0n) is 8.87. The van der Waals surface area contributed by atoms with Crippen LogP contribution in [0.4, 0.5) is 0 Å². The van der Waals surface area contributed by atoms with Crippen molar-refractivity contribution in [3.63, 3.8) is 0 Å². The summed E-state index contributed by atoms with van der Waals surface area (Å²) >= 11 is 0. The first-order valence-corrected chi connectivity index (χ1v) is 4.75. The lowest BCUT2D eigenvalue weighted by atomic mass is 10.0. The van der Waals surface area contributed by atoms with Gasteiger partial charge in [-0.25, -0.2) is 0 Å². The molecule has 1 atom stereocenters. The van der Waals surface area contributed by atoms with Gasteiger partial charge in [0.05, 0.1) is 12.1 Å². The van der Waals surface area contributed by atoms with Crippen molar-refractivity contribution in [2.24, 2.45) is 0 Å². The summed E-state index contributed by atoms with van der Waals surface area (Å²) in [5, 5.41) is 20.3. The summed E-state index contributed by atoms with van der Waals surface area (Å²) in [6.45, 7) is 6.50. The topological polar surface area (TPSA) is 71.2 Å². The zero-order chi connectivity index (χ0) is 10.6. The van der Waals surface area contributed by atoms with Crippen LogP contribution in [0.25, 0.3) is 0 Å². The highest BCUT2D eigenvalue weighted by atomic mass is 16.4. The molecule has 1 aromatic rings. The molecule has 14 heavy (non-hydrogen) atoms. The van der Waals surface area contributed by atoms with Gasteiger partial charge in [0.15, 0.2) is 0 Å². The van der Waals surface area contributed by atoms with Crippen LogP contribution in [0.3, 0.4) is 0 Å². The Kier molecular flexibility index (Phi) is 3.60. The molecule has 5 heteroatoms. The monoisotopic (exact) mass is 199 g/mol. The number of aromatic nitrogens is 2. The van der Waals surface area contributed by atoms with Gasteiger partial charge in [0, 0.05) is 13.5 Å². The highest BCUT2D eigenvalue weighted by molar-refractivity contribution is 4.80. The van der Waals surface area contributed by atoms with Crippen LogP contribution in [-0.2, 0) is 6.54 Å². The molecule has 0 saturated carbocycles. The first kappa shape index (κ1) is 11.1. The summed E-state index contributed by atoms with van der Waals surface area (Å²) in [4.78, 5) is 0. The summed E-state index contributed by atoms with van der Waals surface area (Å²) in [6.07, 6.45) is 0.711. The molecular weight excluding hydrogens is 182 g/mol. The van der Waals surface area contributed by atoms with Crippen molar-refractivity contribution in [2.75, 3.05) is 6.54 Å². The van der Waals surface area contributed by atoms with Gasteiger partial charge in [-0.3, -0.25) is 0 Å². The maximum atomic E-state index is 9.68. The molecule has 0 aliphatic heterocycles. The van der Waals surface area contributed by atoms with E-state index < -0.39 is 5.60 Å². The van der Waals surface area contributed by atoms with Crippen LogP contribution in [0.15, 0.2) is 4.42 Å². The molecule has 1 unspecified atom stereocenters. The van der Waals surface area contributed by atoms with E-state index in [1.165, 1.54) is 0 Å². The Morgan fingerprint density at radius 2 is 2.21 bits per heavy atom. The summed E-state index contributed by atoms with van der Waals surface area (Å²) in [7, 11) is 0. The second-order valence-electron chi connectivity index (χ2n) is 3.67. The highest BCUT2D eigenvalue weighted by Gasteiger charge is 2.16. The van der Waals surface area contributed by atoms with Crippen LogP contribution < -0.4 is 5.32 Å². The fraction of sp³-hybridized carbons (Fsp3) is 0.778. The van der Waals surface area contributed by atoms with Crippen LogP contribution in [0, 0.1) is 6.92 Å². The van der Waals surface area contributed by atoms with E-state index in [-0.39, 0.29) is 0 Å². The minimum atomic E-state index is -0.672. The standard InChI is InChI=1S/C9H17N3O2/c1-4-9(3,13)6-10-5-8-12-11-7(2)14-8/h10,13H,4-6H2,1-3H3. The number of nitrogens with zero attached hydrogens (tertiary/aromatic N) is 2.